The molecule has 24 heavy (non-hydrogen) atoms. The Kier molecular flexibility index (Phi) is 6.14. The van der Waals surface area contributed by atoms with Gasteiger partial charge in [-0.25, -0.2) is 4.79 Å². The SMILES string of the molecule is CN(C)CCc1cn(OC(=O)CCCO[N+](=O)[O-])c2ccccc12. The molecule has 0 bridgehead atoms. The fraction of sp³-hybridized carbons (Fsp3) is 0.438. The summed E-state index contributed by atoms with van der Waals surface area (Å²) in [5, 5.41) is 10.2. The van der Waals surface area contributed by atoms with Crippen LogP contribution in [0.25, 0.3) is 10.9 Å². The van der Waals surface area contributed by atoms with Crippen LogP contribution in [0.5, 0.6) is 0 Å². The standard InChI is InChI=1S/C16H21N3O5/c1-17(2)10-9-13-12-18(15-7-4-3-6-14(13)15)24-16(20)8-5-11-23-19(21)22/h3-4,6-7,12H,5,8-11H2,1-2H3. The summed E-state index contributed by atoms with van der Waals surface area (Å²) in [6, 6.07) is 7.71. The summed E-state index contributed by atoms with van der Waals surface area (Å²) in [5.41, 5.74) is 1.92. The first-order valence-corrected chi connectivity index (χ1v) is 7.69. The maximum atomic E-state index is 11.9. The average molecular weight is 335 g/mol. The van der Waals surface area contributed by atoms with E-state index in [4.69, 9.17) is 4.84 Å². The molecule has 0 spiro atoms. The van der Waals surface area contributed by atoms with Crippen LogP contribution < -0.4 is 4.84 Å². The molecule has 2 aromatic rings. The van der Waals surface area contributed by atoms with Crippen molar-refractivity contribution in [2.24, 2.45) is 0 Å². The monoisotopic (exact) mass is 335 g/mol. The Hall–Kier alpha value is -2.61. The number of para-hydroxylation sites is 1. The molecule has 8 nitrogen and oxygen atoms in total. The highest BCUT2D eigenvalue weighted by Crippen LogP contribution is 2.21. The molecule has 8 heteroatoms. The second kappa shape index (κ2) is 8.30. The summed E-state index contributed by atoms with van der Waals surface area (Å²) in [7, 11) is 4.01. The van der Waals surface area contributed by atoms with Gasteiger partial charge in [0.1, 0.15) is 0 Å². The van der Waals surface area contributed by atoms with Crippen LogP contribution in [0.3, 0.4) is 0 Å². The van der Waals surface area contributed by atoms with Crippen LogP contribution >= 0.6 is 0 Å². The van der Waals surface area contributed by atoms with Crippen LogP contribution in [0, 0.1) is 10.1 Å². The van der Waals surface area contributed by atoms with Gasteiger partial charge in [-0.2, -0.15) is 4.73 Å². The lowest BCUT2D eigenvalue weighted by Crippen LogP contribution is -2.19. The van der Waals surface area contributed by atoms with Crippen LogP contribution in [0.15, 0.2) is 30.5 Å². The summed E-state index contributed by atoms with van der Waals surface area (Å²) in [6.07, 6.45) is 2.94. The Morgan fingerprint density at radius 1 is 1.33 bits per heavy atom. The number of nitrogens with zero attached hydrogens (tertiary/aromatic N) is 3. The van der Waals surface area contributed by atoms with Crippen molar-refractivity contribution in [2.45, 2.75) is 19.3 Å². The Morgan fingerprint density at radius 3 is 2.79 bits per heavy atom. The van der Waals surface area contributed by atoms with Gasteiger partial charge in [0.25, 0.3) is 5.09 Å². The number of carbonyl (C=O) groups excluding carboxylic acids is 1. The van der Waals surface area contributed by atoms with E-state index < -0.39 is 11.1 Å². The van der Waals surface area contributed by atoms with E-state index in [-0.39, 0.29) is 19.4 Å². The largest absolute Gasteiger partial charge is 0.337 e. The smallest absolute Gasteiger partial charge is 0.332 e. The molecular formula is C16H21N3O5. The van der Waals surface area contributed by atoms with E-state index in [1.54, 1.807) is 0 Å². The van der Waals surface area contributed by atoms with Gasteiger partial charge < -0.3 is 14.6 Å². The fourth-order valence-corrected chi connectivity index (χ4v) is 2.35. The van der Waals surface area contributed by atoms with E-state index in [1.165, 1.54) is 4.73 Å². The lowest BCUT2D eigenvalue weighted by atomic mass is 10.1. The number of likely N-dealkylation sites (N-methyl/N-ethyl adjacent to an activating group) is 1. The molecule has 0 N–H and O–H groups in total. The molecule has 0 aliphatic heterocycles. The summed E-state index contributed by atoms with van der Waals surface area (Å²) in [5.74, 6) is -0.457. The predicted molar refractivity (Wildman–Crippen MR) is 88.0 cm³/mol. The molecule has 0 unspecified atom stereocenters. The van der Waals surface area contributed by atoms with Gasteiger partial charge in [-0.3, -0.25) is 0 Å². The highest BCUT2D eigenvalue weighted by atomic mass is 16.9. The highest BCUT2D eigenvalue weighted by molar-refractivity contribution is 5.84. The van der Waals surface area contributed by atoms with Gasteiger partial charge in [-0.05, 0) is 38.6 Å². The van der Waals surface area contributed by atoms with Crippen molar-refractivity contribution < 1.29 is 19.6 Å². The van der Waals surface area contributed by atoms with Gasteiger partial charge in [0.2, 0.25) is 0 Å². The minimum Gasteiger partial charge on any atom is -0.337 e. The maximum absolute atomic E-state index is 11.9. The van der Waals surface area contributed by atoms with Gasteiger partial charge in [-0.1, -0.05) is 18.2 Å². The van der Waals surface area contributed by atoms with Crippen molar-refractivity contribution in [3.05, 3.63) is 46.1 Å². The normalized spacial score (nSPS) is 11.0. The molecule has 2 rings (SSSR count). The zero-order valence-corrected chi connectivity index (χ0v) is 13.8. The van der Waals surface area contributed by atoms with Crippen molar-refractivity contribution in [1.29, 1.82) is 0 Å². The van der Waals surface area contributed by atoms with E-state index in [1.807, 2.05) is 44.6 Å². The zero-order chi connectivity index (χ0) is 17.5. The molecule has 1 aromatic carbocycles. The Balaban J connectivity index is 2.03. The first-order chi connectivity index (χ1) is 11.5. The molecule has 0 saturated carbocycles. The van der Waals surface area contributed by atoms with Gasteiger partial charge in [0.05, 0.1) is 12.1 Å². The number of benzene rings is 1. The van der Waals surface area contributed by atoms with E-state index in [0.29, 0.717) is 0 Å². The first-order valence-electron chi connectivity index (χ1n) is 7.69. The van der Waals surface area contributed by atoms with Gasteiger partial charge in [-0.15, -0.1) is 10.1 Å². The first kappa shape index (κ1) is 17.7. The third-order valence-electron chi connectivity index (χ3n) is 3.51. The van der Waals surface area contributed by atoms with E-state index in [0.717, 1.165) is 29.4 Å². The molecule has 0 saturated heterocycles. The number of fused-ring (bicyclic) bond motifs is 1. The molecule has 1 heterocycles. The van der Waals surface area contributed by atoms with E-state index in [2.05, 4.69) is 9.74 Å². The van der Waals surface area contributed by atoms with Gasteiger partial charge in [0, 0.05) is 24.5 Å². The summed E-state index contributed by atoms with van der Waals surface area (Å²) in [6.45, 7) is 0.767. The van der Waals surface area contributed by atoms with Gasteiger partial charge >= 0.3 is 5.97 Å². The lowest BCUT2D eigenvalue weighted by molar-refractivity contribution is -0.757. The number of hydrogen-bond acceptors (Lipinski definition) is 6. The number of hydrogen-bond donors (Lipinski definition) is 0. The van der Waals surface area contributed by atoms with E-state index >= 15 is 0 Å². The molecule has 1 aromatic heterocycles. The molecule has 0 radical (unpaired) electrons. The number of aromatic nitrogens is 1. The molecule has 130 valence electrons. The lowest BCUT2D eigenvalue weighted by Gasteiger charge is -2.07. The fourth-order valence-electron chi connectivity index (χ4n) is 2.35. The Labute approximate surface area is 139 Å². The molecule has 0 fully saturated rings. The van der Waals surface area contributed by atoms with Gasteiger partial charge in [0.15, 0.2) is 0 Å². The van der Waals surface area contributed by atoms with Crippen molar-refractivity contribution in [3.63, 3.8) is 0 Å². The quantitative estimate of drug-likeness (QED) is 0.394. The third-order valence-corrected chi connectivity index (χ3v) is 3.51. The summed E-state index contributed by atoms with van der Waals surface area (Å²) < 4.78 is 1.47. The van der Waals surface area contributed by atoms with E-state index in [9.17, 15) is 14.9 Å². The van der Waals surface area contributed by atoms with Crippen molar-refractivity contribution in [3.8, 4) is 0 Å². The van der Waals surface area contributed by atoms with Crippen LogP contribution in [-0.4, -0.2) is 47.9 Å². The second-order valence-electron chi connectivity index (χ2n) is 5.67. The average Bonchev–Trinajstić information content (AvgIpc) is 2.87. The highest BCUT2D eigenvalue weighted by Gasteiger charge is 2.12. The molecule has 0 atom stereocenters. The van der Waals surface area contributed by atoms with Crippen LogP contribution in [0.4, 0.5) is 0 Å². The zero-order valence-electron chi connectivity index (χ0n) is 13.8. The number of carbonyl (C=O) groups is 1. The number of rotatable bonds is 9. The molecule has 0 amide bonds. The summed E-state index contributed by atoms with van der Waals surface area (Å²) >= 11 is 0. The second-order valence-corrected chi connectivity index (χ2v) is 5.67. The van der Waals surface area contributed by atoms with Crippen molar-refractivity contribution in [2.75, 3.05) is 27.2 Å². The third kappa shape index (κ3) is 4.95. The molecule has 0 aliphatic rings. The predicted octanol–water partition coefficient (Wildman–Crippen LogP) is 1.69. The topological polar surface area (TPSA) is 86.8 Å². The molecule has 0 aliphatic carbocycles. The Morgan fingerprint density at radius 2 is 2.08 bits per heavy atom. The van der Waals surface area contributed by atoms with Crippen molar-refractivity contribution >= 4 is 16.9 Å². The van der Waals surface area contributed by atoms with Crippen LogP contribution in [0.2, 0.25) is 0 Å². The molecular weight excluding hydrogens is 314 g/mol. The summed E-state index contributed by atoms with van der Waals surface area (Å²) in [4.78, 5) is 33.6. The van der Waals surface area contributed by atoms with Crippen LogP contribution in [-0.2, 0) is 16.1 Å². The Bertz CT molecular complexity index is 711. The maximum Gasteiger partial charge on any atom is 0.332 e. The minimum atomic E-state index is -0.873. The van der Waals surface area contributed by atoms with Crippen LogP contribution in [0.1, 0.15) is 18.4 Å². The minimum absolute atomic E-state index is 0.0490. The van der Waals surface area contributed by atoms with Crippen molar-refractivity contribution in [1.82, 2.24) is 9.63 Å².